The number of rotatable bonds is 6. The number of benzene rings is 2. The number of halogens is 9. The van der Waals surface area contributed by atoms with Crippen LogP contribution in [-0.2, 0) is 34.5 Å². The molecule has 1 heterocycles. The fraction of sp³-hybridized carbons (Fsp3) is 0.533. The molecule has 15 heteroatoms. The zero-order valence-corrected chi connectivity index (χ0v) is 24.6. The molecule has 2 aromatic rings. The molecule has 0 radical (unpaired) electrons. The average molecular weight is 655 g/mol. The van der Waals surface area contributed by atoms with E-state index in [2.05, 4.69) is 0 Å². The third kappa shape index (κ3) is 7.96. The van der Waals surface area contributed by atoms with Crippen molar-refractivity contribution in [1.82, 2.24) is 4.90 Å². The number of hydrogen-bond acceptors (Lipinski definition) is 4. The number of carbonyl (C=O) groups excluding carboxylic acids is 2. The monoisotopic (exact) mass is 654 g/mol. The van der Waals surface area contributed by atoms with E-state index in [4.69, 9.17) is 9.47 Å². The Labute approximate surface area is 253 Å². The van der Waals surface area contributed by atoms with Crippen LogP contribution >= 0.6 is 0 Å². The third-order valence-corrected chi connectivity index (χ3v) is 7.42. The fourth-order valence-electron chi connectivity index (χ4n) is 5.41. The molecule has 2 aromatic carbocycles. The lowest BCUT2D eigenvalue weighted by molar-refractivity contribution is -0.143. The van der Waals surface area contributed by atoms with Gasteiger partial charge in [0.2, 0.25) is 0 Å². The van der Waals surface area contributed by atoms with Crippen molar-refractivity contribution in [3.8, 4) is 0 Å². The number of carbonyl (C=O) groups is 2. The molecule has 1 saturated carbocycles. The summed E-state index contributed by atoms with van der Waals surface area (Å²) in [6.45, 7) is 5.20. The Balaban J connectivity index is 1.91. The van der Waals surface area contributed by atoms with Gasteiger partial charge in [-0.05, 0) is 100 Å². The van der Waals surface area contributed by atoms with Crippen LogP contribution in [0.2, 0.25) is 0 Å². The summed E-state index contributed by atoms with van der Waals surface area (Å²) in [4.78, 5) is 28.8. The summed E-state index contributed by atoms with van der Waals surface area (Å²) in [5, 5.41) is 0. The van der Waals surface area contributed by atoms with E-state index in [0.717, 1.165) is 23.1 Å². The Bertz CT molecular complexity index is 1380. The first-order valence-electron chi connectivity index (χ1n) is 14.1. The highest BCUT2D eigenvalue weighted by atomic mass is 19.4. The maximum atomic E-state index is 13.9. The largest absolute Gasteiger partial charge is 0.447 e. The Morgan fingerprint density at radius 3 is 1.80 bits per heavy atom. The molecule has 2 amide bonds. The summed E-state index contributed by atoms with van der Waals surface area (Å²) in [6, 6.07) is 1.34. The SMILES string of the molecule is CC(C)OC(=O)N(Cc1cc(C(F)(F)F)cc(C(F)(F)F)c1)C1CC(C2CC2)N(C(=O)OC(C)C)c2ccc(C(F)(F)F)cc21. The van der Waals surface area contributed by atoms with Gasteiger partial charge in [-0.25, -0.2) is 9.59 Å². The molecule has 4 rings (SSSR count). The molecular weight excluding hydrogens is 623 g/mol. The summed E-state index contributed by atoms with van der Waals surface area (Å²) >= 11 is 0. The molecule has 1 aliphatic carbocycles. The number of hydrogen-bond donors (Lipinski definition) is 0. The Morgan fingerprint density at radius 1 is 0.800 bits per heavy atom. The van der Waals surface area contributed by atoms with Crippen LogP contribution in [0.4, 0.5) is 54.8 Å². The van der Waals surface area contributed by atoms with Crippen LogP contribution in [0.3, 0.4) is 0 Å². The van der Waals surface area contributed by atoms with E-state index in [1.54, 1.807) is 13.8 Å². The molecule has 1 fully saturated rings. The van der Waals surface area contributed by atoms with Crippen molar-refractivity contribution < 1.29 is 58.6 Å². The second-order valence-corrected chi connectivity index (χ2v) is 11.7. The van der Waals surface area contributed by atoms with Gasteiger partial charge in [-0.2, -0.15) is 39.5 Å². The van der Waals surface area contributed by atoms with Gasteiger partial charge in [-0.15, -0.1) is 0 Å². The summed E-state index contributed by atoms with van der Waals surface area (Å²) in [6.07, 6.45) is -17.5. The van der Waals surface area contributed by atoms with Gasteiger partial charge in [0.1, 0.15) is 0 Å². The van der Waals surface area contributed by atoms with Crippen molar-refractivity contribution in [2.45, 2.75) is 96.3 Å². The predicted molar refractivity (Wildman–Crippen MR) is 143 cm³/mol. The van der Waals surface area contributed by atoms with Crippen molar-refractivity contribution in [1.29, 1.82) is 0 Å². The number of alkyl halides is 9. The third-order valence-electron chi connectivity index (χ3n) is 7.42. The smallest absolute Gasteiger partial charge is 0.416 e. The first kappa shape index (κ1) is 34.2. The van der Waals surface area contributed by atoms with E-state index >= 15 is 0 Å². The molecule has 0 spiro atoms. The standard InChI is InChI=1S/C30H31F9N2O4/c1-15(2)44-26(42)40(14-17-9-20(29(34,35)36)11-21(10-17)30(37,38)39)25-13-24(18-5-6-18)41(27(43)45-16(3)4)23-8-7-19(12-22(23)25)28(31,32)33/h7-12,15-16,18,24-25H,5-6,13-14H2,1-4H3. The second kappa shape index (κ2) is 12.3. The van der Waals surface area contributed by atoms with Crippen LogP contribution in [0.25, 0.3) is 0 Å². The number of anilines is 1. The van der Waals surface area contributed by atoms with Crippen molar-refractivity contribution in [2.75, 3.05) is 4.90 Å². The van der Waals surface area contributed by atoms with Gasteiger partial charge in [0.15, 0.2) is 0 Å². The molecule has 0 saturated heterocycles. The first-order valence-corrected chi connectivity index (χ1v) is 14.1. The molecule has 2 unspecified atom stereocenters. The van der Waals surface area contributed by atoms with Gasteiger partial charge in [-0.1, -0.05) is 0 Å². The molecular formula is C30H31F9N2O4. The maximum Gasteiger partial charge on any atom is 0.416 e. The summed E-state index contributed by atoms with van der Waals surface area (Å²) < 4.78 is 134. The zero-order chi connectivity index (χ0) is 33.6. The quantitative estimate of drug-likeness (QED) is 0.292. The molecule has 2 aliphatic rings. The van der Waals surface area contributed by atoms with Crippen LogP contribution in [-0.4, -0.2) is 35.3 Å². The van der Waals surface area contributed by atoms with Gasteiger partial charge >= 0.3 is 30.7 Å². The minimum Gasteiger partial charge on any atom is -0.447 e. The van der Waals surface area contributed by atoms with Crippen LogP contribution in [0.5, 0.6) is 0 Å². The van der Waals surface area contributed by atoms with Crippen LogP contribution in [0.1, 0.15) is 80.8 Å². The number of ether oxygens (including phenoxy) is 2. The number of nitrogens with zero attached hydrogens (tertiary/aromatic N) is 2. The maximum absolute atomic E-state index is 13.9. The summed E-state index contributed by atoms with van der Waals surface area (Å²) in [7, 11) is 0. The molecule has 0 bridgehead atoms. The molecule has 248 valence electrons. The fourth-order valence-corrected chi connectivity index (χ4v) is 5.41. The van der Waals surface area contributed by atoms with E-state index in [-0.39, 0.29) is 29.7 Å². The summed E-state index contributed by atoms with van der Waals surface area (Å²) in [5.74, 6) is -0.143. The summed E-state index contributed by atoms with van der Waals surface area (Å²) in [5.41, 5.74) is -5.16. The topological polar surface area (TPSA) is 59.1 Å². The average Bonchev–Trinajstić information content (AvgIpc) is 3.73. The highest BCUT2D eigenvalue weighted by molar-refractivity contribution is 5.91. The minimum atomic E-state index is -5.17. The van der Waals surface area contributed by atoms with E-state index in [1.807, 2.05) is 0 Å². The molecule has 45 heavy (non-hydrogen) atoms. The molecule has 1 aliphatic heterocycles. The van der Waals surface area contributed by atoms with Crippen LogP contribution < -0.4 is 4.90 Å². The van der Waals surface area contributed by atoms with E-state index < -0.39 is 83.8 Å². The zero-order valence-electron chi connectivity index (χ0n) is 24.6. The van der Waals surface area contributed by atoms with Gasteiger partial charge in [0, 0.05) is 12.6 Å². The first-order chi connectivity index (χ1) is 20.7. The predicted octanol–water partition coefficient (Wildman–Crippen LogP) is 9.36. The van der Waals surface area contributed by atoms with E-state index in [1.165, 1.54) is 18.7 Å². The lowest BCUT2D eigenvalue weighted by atomic mass is 9.86. The highest BCUT2D eigenvalue weighted by Gasteiger charge is 2.48. The van der Waals surface area contributed by atoms with E-state index in [9.17, 15) is 49.1 Å². The second-order valence-electron chi connectivity index (χ2n) is 11.7. The molecule has 0 N–H and O–H groups in total. The molecule has 6 nitrogen and oxygen atoms in total. The van der Waals surface area contributed by atoms with Gasteiger partial charge in [0.05, 0.1) is 40.6 Å². The van der Waals surface area contributed by atoms with E-state index in [0.29, 0.717) is 25.0 Å². The molecule has 2 atom stereocenters. The lowest BCUT2D eigenvalue weighted by Crippen LogP contribution is -2.50. The minimum absolute atomic E-state index is 0.0239. The van der Waals surface area contributed by atoms with Crippen LogP contribution in [0.15, 0.2) is 36.4 Å². The van der Waals surface area contributed by atoms with Gasteiger partial charge < -0.3 is 9.47 Å². The van der Waals surface area contributed by atoms with Crippen LogP contribution in [0, 0.1) is 5.92 Å². The highest BCUT2D eigenvalue weighted by Crippen LogP contribution is 2.50. The normalized spacial score (nSPS) is 19.0. The Kier molecular flexibility index (Phi) is 9.33. The Morgan fingerprint density at radius 2 is 1.33 bits per heavy atom. The van der Waals surface area contributed by atoms with Gasteiger partial charge in [-0.3, -0.25) is 9.80 Å². The lowest BCUT2D eigenvalue weighted by Gasteiger charge is -2.44. The molecule has 0 aromatic heterocycles. The Hall–Kier alpha value is -3.65. The number of fused-ring (bicyclic) bond motifs is 1. The number of amides is 2. The van der Waals surface area contributed by atoms with Crippen molar-refractivity contribution in [3.63, 3.8) is 0 Å². The van der Waals surface area contributed by atoms with Crippen molar-refractivity contribution >= 4 is 17.9 Å². The van der Waals surface area contributed by atoms with Gasteiger partial charge in [0.25, 0.3) is 0 Å². The van der Waals surface area contributed by atoms with Crippen molar-refractivity contribution in [3.05, 3.63) is 64.2 Å². The van der Waals surface area contributed by atoms with Crippen molar-refractivity contribution in [2.24, 2.45) is 5.92 Å².